The Morgan fingerprint density at radius 2 is 1.51 bits per heavy atom. The average molecular weight is 1120 g/mol. The number of hydrogen-bond acceptors (Lipinski definition) is 14. The third kappa shape index (κ3) is 16.3. The molecule has 5 aliphatic rings. The van der Waals surface area contributed by atoms with Gasteiger partial charge in [0.05, 0.1) is 53.9 Å². The first-order chi connectivity index (χ1) is 38.2. The first-order valence-corrected chi connectivity index (χ1v) is 28.7. The molecule has 3 aromatic rings. The second kappa shape index (κ2) is 27.0. The highest BCUT2D eigenvalue weighted by molar-refractivity contribution is 5.94. The molecule has 3 aliphatic carbocycles. The molecule has 80 heavy (non-hydrogen) atoms. The summed E-state index contributed by atoms with van der Waals surface area (Å²) in [6.07, 6.45) is 8.48. The van der Waals surface area contributed by atoms with Gasteiger partial charge >= 0.3 is 6.18 Å². The van der Waals surface area contributed by atoms with Gasteiger partial charge in [-0.1, -0.05) is 6.07 Å². The van der Waals surface area contributed by atoms with Crippen LogP contribution in [0, 0.1) is 11.8 Å². The van der Waals surface area contributed by atoms with Gasteiger partial charge in [-0.25, -0.2) is 4.98 Å². The van der Waals surface area contributed by atoms with Crippen molar-refractivity contribution >= 4 is 58.1 Å². The van der Waals surface area contributed by atoms with Crippen LogP contribution < -0.4 is 37.2 Å². The topological polar surface area (TPSA) is 250 Å². The highest BCUT2D eigenvalue weighted by atomic mass is 19.4. The molecule has 0 radical (unpaired) electrons. The third-order valence-corrected chi connectivity index (χ3v) is 16.2. The largest absolute Gasteiger partial charge is 0.416 e. The second-order valence-corrected chi connectivity index (χ2v) is 23.3. The van der Waals surface area contributed by atoms with Crippen LogP contribution in [0.4, 0.5) is 24.9 Å². The second-order valence-electron chi connectivity index (χ2n) is 23.3. The standard InChI is InChI=1S/C57H81F3N12O8/c1-34(73)65-46-31-39(70-56(2,3)4)15-21-47(46)72-27-22-45(54(72)78)67-51-42-30-37(57(58,59)60)12-20-44(42)68-55(69-51)64-25-24-62-52(76)35-10-13-38(14-11-35)66-48(74)9-7-28-79-40-16-18-41(19-17-40)80-29-26-63-53(77)43-32-49(75)71(5)50(43)36-8-6-23-61-33-36/h6,8,12,20,23,30,33,35,38-41,43,45-47,50,70H,7,9-11,13-19,21-22,24-29,31-32H2,1-5H3,(H,62,76)(H,63,77)(H,65,73)(H,66,74)(H2,64,67,68,69)/t35-,38-,39-,40-,41-,43+,45+,46-,47+,50-/m1/s1. The molecule has 0 spiro atoms. The van der Waals surface area contributed by atoms with E-state index in [-0.39, 0.29) is 131 Å². The fraction of sp³-hybridized carbons (Fsp3) is 0.667. The molecule has 8 rings (SSSR count). The van der Waals surface area contributed by atoms with Gasteiger partial charge < -0.3 is 56.5 Å². The molecule has 2 aromatic heterocycles. The summed E-state index contributed by atoms with van der Waals surface area (Å²) in [6, 6.07) is 5.38. The predicted octanol–water partition coefficient (Wildman–Crippen LogP) is 5.53. The van der Waals surface area contributed by atoms with E-state index < -0.39 is 23.7 Å². The van der Waals surface area contributed by atoms with Crippen LogP contribution >= 0.6 is 0 Å². The smallest absolute Gasteiger partial charge is 0.378 e. The quantitative estimate of drug-likeness (QED) is 0.0612. The zero-order valence-electron chi connectivity index (χ0n) is 46.8. The fourth-order valence-electron chi connectivity index (χ4n) is 12.3. The van der Waals surface area contributed by atoms with Crippen molar-refractivity contribution in [2.75, 3.05) is 57.1 Å². The van der Waals surface area contributed by atoms with Crippen LogP contribution in [0.15, 0.2) is 42.7 Å². The molecule has 5 fully saturated rings. The number of amides is 6. The molecule has 2 aliphatic heterocycles. The molecule has 4 heterocycles. The average Bonchev–Trinajstić information content (AvgIpc) is 3.95. The van der Waals surface area contributed by atoms with E-state index in [9.17, 15) is 41.9 Å². The maximum Gasteiger partial charge on any atom is 0.416 e. The summed E-state index contributed by atoms with van der Waals surface area (Å²) in [5.74, 6) is -1.31. The Balaban J connectivity index is 0.708. The van der Waals surface area contributed by atoms with Crippen molar-refractivity contribution in [1.82, 2.24) is 51.3 Å². The van der Waals surface area contributed by atoms with E-state index in [0.717, 1.165) is 49.8 Å². The number of benzene rings is 1. The molecule has 1 aromatic carbocycles. The monoisotopic (exact) mass is 1120 g/mol. The summed E-state index contributed by atoms with van der Waals surface area (Å²) in [4.78, 5) is 94.6. The summed E-state index contributed by atoms with van der Waals surface area (Å²) >= 11 is 0. The number of likely N-dealkylation sites (tertiary alicyclic amines) is 2. The molecule has 6 atom stereocenters. The zero-order chi connectivity index (χ0) is 57.1. The van der Waals surface area contributed by atoms with Gasteiger partial charge in [0.1, 0.15) is 11.9 Å². The van der Waals surface area contributed by atoms with E-state index >= 15 is 0 Å². The van der Waals surface area contributed by atoms with Gasteiger partial charge in [0, 0.05) is 101 Å². The van der Waals surface area contributed by atoms with Gasteiger partial charge in [-0.2, -0.15) is 18.2 Å². The van der Waals surface area contributed by atoms with Crippen LogP contribution in [0.1, 0.15) is 141 Å². The van der Waals surface area contributed by atoms with Gasteiger partial charge in [-0.3, -0.25) is 33.8 Å². The van der Waals surface area contributed by atoms with Crippen molar-refractivity contribution in [3.8, 4) is 0 Å². The number of carbonyl (C=O) groups is 6. The van der Waals surface area contributed by atoms with E-state index in [0.29, 0.717) is 84.1 Å². The van der Waals surface area contributed by atoms with Crippen molar-refractivity contribution in [2.24, 2.45) is 11.8 Å². The first-order valence-electron chi connectivity index (χ1n) is 28.7. The number of carbonyl (C=O) groups excluding carboxylic acids is 6. The van der Waals surface area contributed by atoms with Crippen LogP contribution in [-0.2, 0) is 44.4 Å². The summed E-state index contributed by atoms with van der Waals surface area (Å²) in [5.41, 5.74) is 0.0651. The number of hydrogen-bond donors (Lipinski definition) is 7. The minimum absolute atomic E-state index is 0.0191. The summed E-state index contributed by atoms with van der Waals surface area (Å²) in [6.45, 7) is 9.78. The van der Waals surface area contributed by atoms with Crippen molar-refractivity contribution in [1.29, 1.82) is 0 Å². The Kier molecular flexibility index (Phi) is 20.3. The molecule has 23 heteroatoms. The molecule has 20 nitrogen and oxygen atoms in total. The number of alkyl halides is 3. The number of pyridine rings is 1. The van der Waals surface area contributed by atoms with Gasteiger partial charge in [0.25, 0.3) is 0 Å². The SMILES string of the molecule is CC(=O)N[C@@H]1C[C@H](NC(C)(C)C)CC[C@@H]1N1CC[C@H](Nc2nc(NCCNC(=O)[C@H]3CC[C@H](NC(=O)CCCO[C@H]4CC[C@H](OCCNC(=O)[C@H]5CC(=O)N(C)[C@@H]5c5cccnc5)CC4)CC3)nc3ccc(C(F)(F)F)cc23)C1=O. The number of ether oxygens (including phenoxy) is 2. The molecule has 6 amide bonds. The molecule has 2 saturated heterocycles. The minimum Gasteiger partial charge on any atom is -0.378 e. The summed E-state index contributed by atoms with van der Waals surface area (Å²) in [5, 5.41) is 22.1. The number of aromatic nitrogens is 3. The number of rotatable bonds is 22. The van der Waals surface area contributed by atoms with Crippen molar-refractivity contribution in [2.45, 2.75) is 184 Å². The lowest BCUT2D eigenvalue weighted by molar-refractivity contribution is -0.137. The Morgan fingerprint density at radius 1 is 0.800 bits per heavy atom. The molecule has 0 unspecified atom stereocenters. The Labute approximate surface area is 466 Å². The highest BCUT2D eigenvalue weighted by Crippen LogP contribution is 2.38. The van der Waals surface area contributed by atoms with Crippen LogP contribution in [0.5, 0.6) is 0 Å². The van der Waals surface area contributed by atoms with Crippen molar-refractivity contribution in [3.05, 3.63) is 53.9 Å². The van der Waals surface area contributed by atoms with Crippen LogP contribution in [-0.4, -0.2) is 155 Å². The maximum atomic E-state index is 14.1. The molecule has 7 N–H and O–H groups in total. The normalized spacial score (nSPS) is 26.5. The molecular formula is C57H81F3N12O8. The van der Waals surface area contributed by atoms with Gasteiger partial charge in [-0.05, 0) is 134 Å². The van der Waals surface area contributed by atoms with Crippen molar-refractivity contribution in [3.63, 3.8) is 0 Å². The van der Waals surface area contributed by atoms with Crippen LogP contribution in [0.25, 0.3) is 10.9 Å². The Hall–Kier alpha value is -6.20. The number of fused-ring (bicyclic) bond motifs is 1. The number of halogens is 3. The predicted molar refractivity (Wildman–Crippen MR) is 294 cm³/mol. The van der Waals surface area contributed by atoms with E-state index in [2.05, 4.69) is 72.9 Å². The first kappa shape index (κ1) is 59.9. The number of anilines is 2. The molecule has 438 valence electrons. The van der Waals surface area contributed by atoms with E-state index in [4.69, 9.17) is 9.47 Å². The minimum atomic E-state index is -4.62. The maximum absolute atomic E-state index is 14.1. The zero-order valence-corrected chi connectivity index (χ0v) is 46.8. The third-order valence-electron chi connectivity index (χ3n) is 16.2. The number of nitrogens with one attached hydrogen (secondary N) is 7. The van der Waals surface area contributed by atoms with Crippen LogP contribution in [0.2, 0.25) is 0 Å². The van der Waals surface area contributed by atoms with E-state index in [1.54, 1.807) is 35.3 Å². The molecule has 0 bridgehead atoms. The lowest BCUT2D eigenvalue weighted by Gasteiger charge is -2.43. The van der Waals surface area contributed by atoms with E-state index in [1.165, 1.54) is 13.0 Å². The highest BCUT2D eigenvalue weighted by Gasteiger charge is 2.44. The van der Waals surface area contributed by atoms with Gasteiger partial charge in [0.15, 0.2) is 0 Å². The fourth-order valence-corrected chi connectivity index (χ4v) is 12.3. The van der Waals surface area contributed by atoms with Gasteiger partial charge in [0.2, 0.25) is 41.4 Å². The van der Waals surface area contributed by atoms with Crippen LogP contribution in [0.3, 0.4) is 0 Å². The molecule has 3 saturated carbocycles. The van der Waals surface area contributed by atoms with Gasteiger partial charge in [-0.15, -0.1) is 0 Å². The summed E-state index contributed by atoms with van der Waals surface area (Å²) < 4.78 is 54.0. The number of nitrogens with zero attached hydrogens (tertiary/aromatic N) is 5. The van der Waals surface area contributed by atoms with E-state index in [1.807, 2.05) is 6.07 Å². The lowest BCUT2D eigenvalue weighted by atomic mass is 9.84. The lowest BCUT2D eigenvalue weighted by Crippen LogP contribution is -2.59. The molecular weight excluding hydrogens is 1040 g/mol. The van der Waals surface area contributed by atoms with Crippen molar-refractivity contribution < 1.29 is 51.4 Å². The summed E-state index contributed by atoms with van der Waals surface area (Å²) in [7, 11) is 1.72. The Bertz CT molecular complexity index is 2630. The Morgan fingerprint density at radius 3 is 2.20 bits per heavy atom.